The summed E-state index contributed by atoms with van der Waals surface area (Å²) < 4.78 is 5.90. The highest BCUT2D eigenvalue weighted by Gasteiger charge is 2.04. The van der Waals surface area contributed by atoms with Crippen LogP contribution in [0.3, 0.4) is 0 Å². The Balaban J connectivity index is 2.25. The molecule has 2 nitrogen and oxygen atoms in total. The minimum absolute atomic E-state index is 0.405. The summed E-state index contributed by atoms with van der Waals surface area (Å²) in [5.74, 6) is 1.68. The summed E-state index contributed by atoms with van der Waals surface area (Å²) in [5.41, 5.74) is 8.76. The Hall–Kier alpha value is -1.87. The van der Waals surface area contributed by atoms with Crippen LogP contribution >= 0.6 is 12.2 Å². The lowest BCUT2D eigenvalue weighted by Gasteiger charge is -2.10. The maximum absolute atomic E-state index is 5.90. The summed E-state index contributed by atoms with van der Waals surface area (Å²) >= 11 is 4.96. The van der Waals surface area contributed by atoms with E-state index in [4.69, 9.17) is 22.7 Å². The lowest BCUT2D eigenvalue weighted by molar-refractivity contribution is 0.478. The molecule has 3 heteroatoms. The third-order valence-corrected chi connectivity index (χ3v) is 3.23. The van der Waals surface area contributed by atoms with Crippen molar-refractivity contribution in [2.24, 2.45) is 5.73 Å². The molecule has 0 amide bonds. The molecule has 0 atom stereocenters. The number of aryl methyl sites for hydroxylation is 2. The molecule has 0 saturated carbocycles. The first-order valence-corrected chi connectivity index (χ1v) is 6.68. The first kappa shape index (κ1) is 13.6. The van der Waals surface area contributed by atoms with Gasteiger partial charge in [-0.2, -0.15) is 0 Å². The van der Waals surface area contributed by atoms with Gasteiger partial charge in [-0.25, -0.2) is 0 Å². The van der Waals surface area contributed by atoms with Crippen LogP contribution in [0.2, 0.25) is 0 Å². The average Bonchev–Trinajstić information content (AvgIpc) is 2.41. The van der Waals surface area contributed by atoms with Crippen molar-refractivity contribution in [3.8, 4) is 11.5 Å². The molecule has 19 heavy (non-hydrogen) atoms. The average molecular weight is 271 g/mol. The largest absolute Gasteiger partial charge is 0.457 e. The SMILES string of the molecule is CCc1cccc(Oc2ccc(C(N)=S)cc2C)c1. The lowest BCUT2D eigenvalue weighted by Crippen LogP contribution is -2.09. The fraction of sp³-hybridized carbons (Fsp3) is 0.188. The molecule has 0 aliphatic rings. The van der Waals surface area contributed by atoms with E-state index in [9.17, 15) is 0 Å². The summed E-state index contributed by atoms with van der Waals surface area (Å²) in [6.45, 7) is 4.11. The maximum Gasteiger partial charge on any atom is 0.130 e. The molecule has 0 saturated heterocycles. The fourth-order valence-electron chi connectivity index (χ4n) is 1.87. The van der Waals surface area contributed by atoms with E-state index in [0.29, 0.717) is 4.99 Å². The van der Waals surface area contributed by atoms with Crippen LogP contribution < -0.4 is 10.5 Å². The van der Waals surface area contributed by atoms with Gasteiger partial charge in [0.15, 0.2) is 0 Å². The van der Waals surface area contributed by atoms with E-state index in [1.54, 1.807) is 0 Å². The Morgan fingerprint density at radius 1 is 1.21 bits per heavy atom. The zero-order valence-corrected chi connectivity index (χ0v) is 12.0. The number of nitrogens with two attached hydrogens (primary N) is 1. The predicted octanol–water partition coefficient (Wildman–Crippen LogP) is 3.98. The summed E-state index contributed by atoms with van der Waals surface area (Å²) in [4.78, 5) is 0.405. The van der Waals surface area contributed by atoms with E-state index >= 15 is 0 Å². The van der Waals surface area contributed by atoms with Gasteiger partial charge >= 0.3 is 0 Å². The Morgan fingerprint density at radius 2 is 2.00 bits per heavy atom. The molecule has 98 valence electrons. The molecular weight excluding hydrogens is 254 g/mol. The quantitative estimate of drug-likeness (QED) is 0.854. The highest BCUT2D eigenvalue weighted by molar-refractivity contribution is 7.80. The van der Waals surface area contributed by atoms with Crippen molar-refractivity contribution < 1.29 is 4.74 Å². The van der Waals surface area contributed by atoms with Gasteiger partial charge in [-0.3, -0.25) is 0 Å². The van der Waals surface area contributed by atoms with Crippen molar-refractivity contribution in [1.82, 2.24) is 0 Å². The zero-order chi connectivity index (χ0) is 13.8. The molecular formula is C16H17NOS. The monoisotopic (exact) mass is 271 g/mol. The number of benzene rings is 2. The molecule has 0 heterocycles. The molecule has 0 radical (unpaired) electrons. The van der Waals surface area contributed by atoms with Crippen LogP contribution in [-0.2, 0) is 6.42 Å². The molecule has 2 aromatic carbocycles. The van der Waals surface area contributed by atoms with Gasteiger partial charge in [0.1, 0.15) is 16.5 Å². The van der Waals surface area contributed by atoms with Gasteiger partial charge in [-0.15, -0.1) is 0 Å². The normalized spacial score (nSPS) is 10.2. The van der Waals surface area contributed by atoms with Crippen molar-refractivity contribution in [3.05, 3.63) is 59.2 Å². The third-order valence-electron chi connectivity index (χ3n) is 2.99. The Bertz CT molecular complexity index is 607. The fourth-order valence-corrected chi connectivity index (χ4v) is 2.00. The summed E-state index contributed by atoms with van der Waals surface area (Å²) in [5, 5.41) is 0. The molecule has 0 aliphatic carbocycles. The molecule has 2 N–H and O–H groups in total. The van der Waals surface area contributed by atoms with Gasteiger partial charge in [0.25, 0.3) is 0 Å². The van der Waals surface area contributed by atoms with Crippen molar-refractivity contribution in [2.45, 2.75) is 20.3 Å². The summed E-state index contributed by atoms with van der Waals surface area (Å²) in [6, 6.07) is 13.8. The molecule has 0 unspecified atom stereocenters. The highest BCUT2D eigenvalue weighted by Crippen LogP contribution is 2.26. The van der Waals surface area contributed by atoms with E-state index in [-0.39, 0.29) is 0 Å². The predicted molar refractivity (Wildman–Crippen MR) is 83.0 cm³/mol. The number of ether oxygens (including phenoxy) is 1. The summed E-state index contributed by atoms with van der Waals surface area (Å²) in [7, 11) is 0. The van der Waals surface area contributed by atoms with Crippen LogP contribution in [0.5, 0.6) is 11.5 Å². The third kappa shape index (κ3) is 3.32. The minimum Gasteiger partial charge on any atom is -0.457 e. The van der Waals surface area contributed by atoms with Crippen LogP contribution in [0.25, 0.3) is 0 Å². The molecule has 0 bridgehead atoms. The van der Waals surface area contributed by atoms with E-state index in [2.05, 4.69) is 19.1 Å². The van der Waals surface area contributed by atoms with Gasteiger partial charge in [0, 0.05) is 5.56 Å². The summed E-state index contributed by atoms with van der Waals surface area (Å²) in [6.07, 6.45) is 0.997. The van der Waals surface area contributed by atoms with E-state index in [1.165, 1.54) is 5.56 Å². The molecule has 0 spiro atoms. The van der Waals surface area contributed by atoms with Gasteiger partial charge in [-0.05, 0) is 54.8 Å². The van der Waals surface area contributed by atoms with Crippen LogP contribution in [0, 0.1) is 6.92 Å². The zero-order valence-electron chi connectivity index (χ0n) is 11.1. The molecule has 0 fully saturated rings. The molecule has 0 aromatic heterocycles. The maximum atomic E-state index is 5.90. The first-order valence-electron chi connectivity index (χ1n) is 6.27. The van der Waals surface area contributed by atoms with Crippen LogP contribution in [0.1, 0.15) is 23.6 Å². The number of hydrogen-bond acceptors (Lipinski definition) is 2. The second-order valence-electron chi connectivity index (χ2n) is 4.45. The van der Waals surface area contributed by atoms with Crippen molar-refractivity contribution >= 4 is 17.2 Å². The van der Waals surface area contributed by atoms with E-state index < -0.39 is 0 Å². The number of hydrogen-bond donors (Lipinski definition) is 1. The smallest absolute Gasteiger partial charge is 0.130 e. The topological polar surface area (TPSA) is 35.2 Å². The van der Waals surface area contributed by atoms with Gasteiger partial charge in [-0.1, -0.05) is 31.3 Å². The van der Waals surface area contributed by atoms with Crippen molar-refractivity contribution in [2.75, 3.05) is 0 Å². The first-order chi connectivity index (χ1) is 9.10. The van der Waals surface area contributed by atoms with E-state index in [0.717, 1.165) is 29.0 Å². The van der Waals surface area contributed by atoms with Crippen molar-refractivity contribution in [3.63, 3.8) is 0 Å². The number of thiocarbonyl (C=S) groups is 1. The van der Waals surface area contributed by atoms with Gasteiger partial charge in [0.2, 0.25) is 0 Å². The second-order valence-corrected chi connectivity index (χ2v) is 4.89. The van der Waals surface area contributed by atoms with Gasteiger partial charge < -0.3 is 10.5 Å². The highest BCUT2D eigenvalue weighted by atomic mass is 32.1. The molecule has 2 aromatic rings. The Labute approximate surface area is 119 Å². The van der Waals surface area contributed by atoms with Crippen LogP contribution in [-0.4, -0.2) is 4.99 Å². The molecule has 2 rings (SSSR count). The van der Waals surface area contributed by atoms with Gasteiger partial charge in [0.05, 0.1) is 0 Å². The minimum atomic E-state index is 0.405. The van der Waals surface area contributed by atoms with Crippen LogP contribution in [0.4, 0.5) is 0 Å². The number of rotatable bonds is 4. The lowest BCUT2D eigenvalue weighted by atomic mass is 10.1. The Morgan fingerprint density at radius 3 is 2.63 bits per heavy atom. The Kier molecular flexibility index (Phi) is 4.17. The van der Waals surface area contributed by atoms with Crippen LogP contribution in [0.15, 0.2) is 42.5 Å². The molecule has 0 aliphatic heterocycles. The van der Waals surface area contributed by atoms with Crippen molar-refractivity contribution in [1.29, 1.82) is 0 Å². The standard InChI is InChI=1S/C16H17NOS/c1-3-12-5-4-6-14(10-12)18-15-8-7-13(16(17)19)9-11(15)2/h4-10H,3H2,1-2H3,(H2,17,19). The second kappa shape index (κ2) is 5.85. The van der Waals surface area contributed by atoms with E-state index in [1.807, 2.05) is 37.3 Å².